The van der Waals surface area contributed by atoms with Gasteiger partial charge >= 0.3 is 0 Å². The van der Waals surface area contributed by atoms with Crippen LogP contribution < -0.4 is 21.9 Å². The number of halogens is 2. The zero-order valence-corrected chi connectivity index (χ0v) is 19.9. The van der Waals surface area contributed by atoms with E-state index >= 15 is 0 Å². The fourth-order valence-corrected chi connectivity index (χ4v) is 3.88. The van der Waals surface area contributed by atoms with Crippen molar-refractivity contribution in [3.8, 4) is 0 Å². The first kappa shape index (κ1) is 26.2. The highest BCUT2D eigenvalue weighted by molar-refractivity contribution is 5.85. The molecule has 33 heavy (non-hydrogen) atoms. The number of carbonyl (C=O) groups is 1. The third-order valence-corrected chi connectivity index (χ3v) is 5.58. The van der Waals surface area contributed by atoms with E-state index < -0.39 is 6.04 Å². The van der Waals surface area contributed by atoms with Crippen molar-refractivity contribution in [1.82, 2.24) is 19.9 Å². The summed E-state index contributed by atoms with van der Waals surface area (Å²) in [5.41, 5.74) is 9.06. The van der Waals surface area contributed by atoms with E-state index in [1.54, 1.807) is 16.8 Å². The second kappa shape index (κ2) is 11.7. The number of aromatic nitrogens is 3. The molecule has 2 aromatic heterocycles. The minimum Gasteiger partial charge on any atom is -0.384 e. The van der Waals surface area contributed by atoms with Crippen LogP contribution in [-0.4, -0.2) is 27.0 Å². The van der Waals surface area contributed by atoms with Gasteiger partial charge in [-0.05, 0) is 43.4 Å². The molecule has 1 atom stereocenters. The summed E-state index contributed by atoms with van der Waals surface area (Å²) in [6.07, 6.45) is 3.69. The van der Waals surface area contributed by atoms with Crippen LogP contribution in [0.3, 0.4) is 0 Å². The fourth-order valence-electron chi connectivity index (χ4n) is 3.88. The Balaban J connectivity index is 0.00000193. The van der Waals surface area contributed by atoms with E-state index in [4.69, 9.17) is 5.73 Å². The Bertz CT molecular complexity index is 1150. The Morgan fingerprint density at radius 1 is 1.18 bits per heavy atom. The number of aryl methyl sites for hydroxylation is 2. The molecule has 3 aromatic rings. The third kappa shape index (κ3) is 6.03. The summed E-state index contributed by atoms with van der Waals surface area (Å²) >= 11 is 0. The molecule has 10 heteroatoms. The van der Waals surface area contributed by atoms with Crippen molar-refractivity contribution < 1.29 is 4.79 Å². The maximum atomic E-state index is 13.0. The van der Waals surface area contributed by atoms with Crippen molar-refractivity contribution in [3.05, 3.63) is 81.5 Å². The van der Waals surface area contributed by atoms with E-state index in [9.17, 15) is 9.59 Å². The molecule has 8 nitrogen and oxygen atoms in total. The number of nitrogens with two attached hydrogens (primary N) is 1. The van der Waals surface area contributed by atoms with Crippen LogP contribution in [0, 0.1) is 6.92 Å². The van der Waals surface area contributed by atoms with Crippen LogP contribution >= 0.6 is 24.8 Å². The summed E-state index contributed by atoms with van der Waals surface area (Å²) in [6, 6.07) is 13.1. The highest BCUT2D eigenvalue weighted by Gasteiger charge is 2.30. The van der Waals surface area contributed by atoms with Gasteiger partial charge in [0.25, 0.3) is 5.56 Å². The maximum Gasteiger partial charge on any atom is 0.294 e. The molecule has 1 aromatic carbocycles. The average molecular weight is 491 g/mol. The summed E-state index contributed by atoms with van der Waals surface area (Å²) in [6.45, 7) is 2.78. The highest BCUT2D eigenvalue weighted by Crippen LogP contribution is 2.24. The Kier molecular flexibility index (Phi) is 9.25. The van der Waals surface area contributed by atoms with Gasteiger partial charge in [0.1, 0.15) is 11.9 Å². The molecule has 0 radical (unpaired) electrons. The Morgan fingerprint density at radius 2 is 1.94 bits per heavy atom. The summed E-state index contributed by atoms with van der Waals surface area (Å²) in [5, 5.41) is 6.06. The van der Waals surface area contributed by atoms with Gasteiger partial charge in [0, 0.05) is 30.7 Å². The topological polar surface area (TPSA) is 115 Å². The summed E-state index contributed by atoms with van der Waals surface area (Å²) in [7, 11) is 0. The van der Waals surface area contributed by atoms with Crippen molar-refractivity contribution in [2.24, 2.45) is 0 Å². The molecule has 0 fully saturated rings. The average Bonchev–Trinajstić information content (AvgIpc) is 3.20. The molecule has 3 heterocycles. The smallest absolute Gasteiger partial charge is 0.294 e. The first-order chi connectivity index (χ1) is 15.0. The van der Waals surface area contributed by atoms with Crippen LogP contribution in [0.4, 0.5) is 11.6 Å². The fraction of sp³-hybridized carbons (Fsp3) is 0.304. The van der Waals surface area contributed by atoms with Crippen LogP contribution in [0.2, 0.25) is 0 Å². The second-order valence-corrected chi connectivity index (χ2v) is 7.69. The molecule has 0 saturated carbocycles. The Morgan fingerprint density at radius 3 is 2.67 bits per heavy atom. The van der Waals surface area contributed by atoms with Gasteiger partial charge in [-0.3, -0.25) is 14.2 Å². The number of nitrogen functional groups attached to an aromatic ring is 1. The Labute approximate surface area is 204 Å². The molecule has 1 aliphatic rings. The zero-order chi connectivity index (χ0) is 21.8. The highest BCUT2D eigenvalue weighted by atomic mass is 35.5. The first-order valence-corrected chi connectivity index (χ1v) is 10.4. The van der Waals surface area contributed by atoms with Crippen LogP contribution in [-0.2, 0) is 24.2 Å². The van der Waals surface area contributed by atoms with Crippen molar-refractivity contribution in [2.45, 2.75) is 38.8 Å². The van der Waals surface area contributed by atoms with Crippen LogP contribution in [0.1, 0.15) is 35.0 Å². The van der Waals surface area contributed by atoms with Gasteiger partial charge in [-0.2, -0.15) is 0 Å². The Hall–Kier alpha value is -3.10. The van der Waals surface area contributed by atoms with Gasteiger partial charge in [0.15, 0.2) is 5.82 Å². The van der Waals surface area contributed by atoms with Gasteiger partial charge in [-0.15, -0.1) is 24.8 Å². The van der Waals surface area contributed by atoms with E-state index in [1.807, 2.05) is 43.3 Å². The molecular weight excluding hydrogens is 463 g/mol. The van der Waals surface area contributed by atoms with Gasteiger partial charge in [0.05, 0.1) is 0 Å². The van der Waals surface area contributed by atoms with E-state index in [0.717, 1.165) is 23.4 Å². The number of carbonyl (C=O) groups excluding carboxylic acids is 1. The summed E-state index contributed by atoms with van der Waals surface area (Å²) < 4.78 is 1.57. The molecule has 0 spiro atoms. The van der Waals surface area contributed by atoms with Crippen molar-refractivity contribution in [3.63, 3.8) is 0 Å². The van der Waals surface area contributed by atoms with Gasteiger partial charge < -0.3 is 16.4 Å². The molecule has 0 aliphatic carbocycles. The van der Waals surface area contributed by atoms with Crippen LogP contribution in [0.15, 0.2) is 53.5 Å². The van der Waals surface area contributed by atoms with Crippen molar-refractivity contribution >= 4 is 42.4 Å². The lowest BCUT2D eigenvalue weighted by Gasteiger charge is -2.16. The second-order valence-electron chi connectivity index (χ2n) is 7.69. The SMILES string of the molecule is Cc1nc(N)ccc1CNC(=O)[C@@H]1CCc2cnc(NCCc3ccccc3)c(=O)n21.Cl.Cl. The number of pyridine rings is 1. The minimum atomic E-state index is -0.540. The predicted octanol–water partition coefficient (Wildman–Crippen LogP) is 2.83. The lowest BCUT2D eigenvalue weighted by Crippen LogP contribution is -2.36. The molecular formula is C23H28Cl2N6O2. The van der Waals surface area contributed by atoms with E-state index in [1.165, 1.54) is 5.56 Å². The molecule has 0 bridgehead atoms. The van der Waals surface area contributed by atoms with Gasteiger partial charge in [-0.1, -0.05) is 36.4 Å². The number of anilines is 2. The predicted molar refractivity (Wildman–Crippen MR) is 134 cm³/mol. The molecule has 1 amide bonds. The van der Waals surface area contributed by atoms with Gasteiger partial charge in [-0.25, -0.2) is 9.97 Å². The summed E-state index contributed by atoms with van der Waals surface area (Å²) in [5.74, 6) is 0.542. The monoisotopic (exact) mass is 490 g/mol. The summed E-state index contributed by atoms with van der Waals surface area (Å²) in [4.78, 5) is 34.4. The number of rotatable bonds is 7. The number of hydrogen-bond donors (Lipinski definition) is 3. The van der Waals surface area contributed by atoms with Crippen LogP contribution in [0.5, 0.6) is 0 Å². The largest absolute Gasteiger partial charge is 0.384 e. The number of hydrogen-bond acceptors (Lipinski definition) is 6. The molecule has 176 valence electrons. The molecule has 0 unspecified atom stereocenters. The minimum absolute atomic E-state index is 0. The number of fused-ring (bicyclic) bond motifs is 1. The molecule has 4 N–H and O–H groups in total. The van der Waals surface area contributed by atoms with Gasteiger partial charge in [0.2, 0.25) is 5.91 Å². The lowest BCUT2D eigenvalue weighted by molar-refractivity contribution is -0.124. The number of nitrogens with one attached hydrogen (secondary N) is 2. The van der Waals surface area contributed by atoms with Crippen molar-refractivity contribution in [2.75, 3.05) is 17.6 Å². The first-order valence-electron chi connectivity index (χ1n) is 10.4. The molecule has 0 saturated heterocycles. The lowest BCUT2D eigenvalue weighted by atomic mass is 10.1. The number of benzene rings is 1. The van der Waals surface area contributed by atoms with E-state index in [-0.39, 0.29) is 42.1 Å². The van der Waals surface area contributed by atoms with Crippen LogP contribution in [0.25, 0.3) is 0 Å². The maximum absolute atomic E-state index is 13.0. The molecule has 1 aliphatic heterocycles. The van der Waals surface area contributed by atoms with E-state index in [0.29, 0.717) is 31.7 Å². The standard InChI is InChI=1S/C23H26N6O2.2ClH/c1-15-17(7-10-20(24)28-15)13-27-22(30)19-9-8-18-14-26-21(23(31)29(18)19)25-12-11-16-5-3-2-4-6-16;;/h2-7,10,14,19H,8-9,11-13H2,1H3,(H2,24,28)(H,25,26)(H,27,30);2*1H/t19-;;/m0../s1. The number of amides is 1. The van der Waals surface area contributed by atoms with Crippen molar-refractivity contribution in [1.29, 1.82) is 0 Å². The normalized spacial score (nSPS) is 13.9. The zero-order valence-electron chi connectivity index (χ0n) is 18.3. The number of nitrogens with zero attached hydrogens (tertiary/aromatic N) is 3. The third-order valence-electron chi connectivity index (χ3n) is 5.58. The van der Waals surface area contributed by atoms with E-state index in [2.05, 4.69) is 20.6 Å². The quantitative estimate of drug-likeness (QED) is 0.468. The molecule has 4 rings (SSSR count).